The van der Waals surface area contributed by atoms with E-state index in [1.807, 2.05) is 24.3 Å². The third kappa shape index (κ3) is 3.04. The van der Waals surface area contributed by atoms with Crippen LogP contribution in [-0.2, 0) is 0 Å². The number of ether oxygens (including phenoxy) is 2. The van der Waals surface area contributed by atoms with E-state index in [4.69, 9.17) is 15.2 Å². The first kappa shape index (κ1) is 15.3. The average Bonchev–Trinajstić information content (AvgIpc) is 2.61. The van der Waals surface area contributed by atoms with Crippen molar-refractivity contribution in [2.45, 2.75) is 18.4 Å². The van der Waals surface area contributed by atoms with Crippen LogP contribution in [0.5, 0.6) is 11.5 Å². The minimum absolute atomic E-state index is 0.0558. The number of benzene rings is 2. The predicted molar refractivity (Wildman–Crippen MR) is 91.4 cm³/mol. The summed E-state index contributed by atoms with van der Waals surface area (Å²) in [6.45, 7) is 2.76. The largest absolute Gasteiger partial charge is 0.486 e. The van der Waals surface area contributed by atoms with Crippen molar-refractivity contribution in [2.24, 2.45) is 5.73 Å². The summed E-state index contributed by atoms with van der Waals surface area (Å²) in [4.78, 5) is 2.25. The second kappa shape index (κ2) is 6.32. The lowest BCUT2D eigenvalue weighted by Gasteiger charge is -2.38. The van der Waals surface area contributed by atoms with Gasteiger partial charge in [0.2, 0.25) is 0 Å². The molecule has 2 heterocycles. The van der Waals surface area contributed by atoms with Crippen molar-refractivity contribution in [3.63, 3.8) is 0 Å². The molecule has 126 valence electrons. The summed E-state index contributed by atoms with van der Waals surface area (Å²) in [5.41, 5.74) is 8.35. The highest BCUT2D eigenvalue weighted by Crippen LogP contribution is 2.36. The highest BCUT2D eigenvalue weighted by molar-refractivity contribution is 5.57. The molecule has 0 spiro atoms. The van der Waals surface area contributed by atoms with Gasteiger partial charge in [0.15, 0.2) is 11.5 Å². The zero-order chi connectivity index (χ0) is 16.5. The summed E-state index contributed by atoms with van der Waals surface area (Å²) in [5.74, 6) is 1.59. The summed E-state index contributed by atoms with van der Waals surface area (Å²) in [6, 6.07) is 12.9. The molecule has 2 unspecified atom stereocenters. The van der Waals surface area contributed by atoms with Crippen molar-refractivity contribution in [2.75, 3.05) is 31.2 Å². The Hall–Kier alpha value is -2.27. The van der Waals surface area contributed by atoms with Crippen LogP contribution in [0.25, 0.3) is 0 Å². The number of piperidine rings is 1. The van der Waals surface area contributed by atoms with Crippen LogP contribution in [0.1, 0.15) is 17.9 Å². The molecule has 2 aromatic rings. The molecule has 5 heteroatoms. The van der Waals surface area contributed by atoms with Gasteiger partial charge in [0.05, 0.1) is 0 Å². The number of anilines is 1. The normalized spacial score (nSPS) is 23.2. The maximum Gasteiger partial charge on any atom is 0.163 e. The molecule has 1 saturated heterocycles. The molecular weight excluding hydrogens is 307 g/mol. The zero-order valence-electron chi connectivity index (χ0n) is 13.5. The van der Waals surface area contributed by atoms with Gasteiger partial charge in [-0.2, -0.15) is 0 Å². The van der Waals surface area contributed by atoms with Gasteiger partial charge in [-0.3, -0.25) is 0 Å². The van der Waals surface area contributed by atoms with E-state index in [0.29, 0.717) is 13.2 Å². The Kier molecular flexibility index (Phi) is 4.02. The Bertz CT molecular complexity index is 737. The Balaban J connectivity index is 1.59. The van der Waals surface area contributed by atoms with E-state index >= 15 is 0 Å². The van der Waals surface area contributed by atoms with Gasteiger partial charge in [0.25, 0.3) is 0 Å². The average molecular weight is 328 g/mol. The van der Waals surface area contributed by atoms with Gasteiger partial charge in [-0.25, -0.2) is 4.39 Å². The summed E-state index contributed by atoms with van der Waals surface area (Å²) in [6.07, 6.45) is 0.866. The number of hydrogen-bond acceptors (Lipinski definition) is 4. The fourth-order valence-electron chi connectivity index (χ4n) is 3.58. The molecule has 0 saturated carbocycles. The van der Waals surface area contributed by atoms with Crippen LogP contribution in [0.3, 0.4) is 0 Å². The maximum atomic E-state index is 13.6. The van der Waals surface area contributed by atoms with Gasteiger partial charge in [-0.05, 0) is 36.2 Å². The molecule has 0 bridgehead atoms. The maximum absolute atomic E-state index is 13.6. The van der Waals surface area contributed by atoms with E-state index in [1.165, 1.54) is 6.07 Å². The lowest BCUT2D eigenvalue weighted by molar-refractivity contribution is 0.171. The third-order valence-electron chi connectivity index (χ3n) is 4.69. The number of nitrogens with zero attached hydrogens (tertiary/aromatic N) is 1. The van der Waals surface area contributed by atoms with Crippen LogP contribution < -0.4 is 20.1 Å². The SMILES string of the molecule is NC1CC(c2cccc(F)c2)CN(c2ccc3c(c2)OCCO3)C1. The lowest BCUT2D eigenvalue weighted by atomic mass is 9.88. The van der Waals surface area contributed by atoms with E-state index < -0.39 is 0 Å². The first-order valence-electron chi connectivity index (χ1n) is 8.35. The highest BCUT2D eigenvalue weighted by Gasteiger charge is 2.27. The summed E-state index contributed by atoms with van der Waals surface area (Å²) < 4.78 is 24.8. The van der Waals surface area contributed by atoms with Gasteiger partial charge in [0.1, 0.15) is 19.0 Å². The van der Waals surface area contributed by atoms with Crippen molar-refractivity contribution >= 4 is 5.69 Å². The molecule has 1 fully saturated rings. The minimum Gasteiger partial charge on any atom is -0.486 e. The summed E-state index contributed by atoms with van der Waals surface area (Å²) in [7, 11) is 0. The smallest absolute Gasteiger partial charge is 0.163 e. The van der Waals surface area contributed by atoms with Gasteiger partial charge in [-0.15, -0.1) is 0 Å². The predicted octanol–water partition coefficient (Wildman–Crippen LogP) is 2.92. The molecule has 2 N–H and O–H groups in total. The molecule has 0 aromatic heterocycles. The topological polar surface area (TPSA) is 47.7 Å². The van der Waals surface area contributed by atoms with E-state index in [2.05, 4.69) is 4.90 Å². The van der Waals surface area contributed by atoms with Gasteiger partial charge < -0.3 is 20.1 Å². The van der Waals surface area contributed by atoms with Gasteiger partial charge in [-0.1, -0.05) is 12.1 Å². The van der Waals surface area contributed by atoms with Crippen LogP contribution in [0.15, 0.2) is 42.5 Å². The first-order chi connectivity index (χ1) is 11.7. The molecule has 0 amide bonds. The summed E-state index contributed by atoms with van der Waals surface area (Å²) in [5, 5.41) is 0. The fourth-order valence-corrected chi connectivity index (χ4v) is 3.58. The second-order valence-electron chi connectivity index (χ2n) is 6.48. The molecule has 4 nitrogen and oxygen atoms in total. The molecule has 2 aliphatic heterocycles. The molecule has 2 atom stereocenters. The Morgan fingerprint density at radius 1 is 1.00 bits per heavy atom. The zero-order valence-corrected chi connectivity index (χ0v) is 13.5. The molecular formula is C19H21FN2O2. The molecule has 0 radical (unpaired) electrons. The second-order valence-corrected chi connectivity index (χ2v) is 6.48. The summed E-state index contributed by atoms with van der Waals surface area (Å²) >= 11 is 0. The number of hydrogen-bond donors (Lipinski definition) is 1. The molecule has 4 rings (SSSR count). The van der Waals surface area contributed by atoms with Gasteiger partial charge >= 0.3 is 0 Å². The van der Waals surface area contributed by atoms with E-state index in [0.717, 1.165) is 42.3 Å². The van der Waals surface area contributed by atoms with Gasteiger partial charge in [0, 0.05) is 36.8 Å². The fraction of sp³-hybridized carbons (Fsp3) is 0.368. The third-order valence-corrected chi connectivity index (χ3v) is 4.69. The van der Waals surface area contributed by atoms with Crippen molar-refractivity contribution < 1.29 is 13.9 Å². The molecule has 24 heavy (non-hydrogen) atoms. The van der Waals surface area contributed by atoms with Crippen molar-refractivity contribution in [3.8, 4) is 11.5 Å². The van der Waals surface area contributed by atoms with Crippen LogP contribution in [-0.4, -0.2) is 32.3 Å². The van der Waals surface area contributed by atoms with E-state index in [-0.39, 0.29) is 17.8 Å². The standard InChI is InChI=1S/C19H21FN2O2/c20-15-3-1-2-13(8-15)14-9-16(21)12-22(11-14)17-4-5-18-19(10-17)24-7-6-23-18/h1-5,8,10,14,16H,6-7,9,11-12,21H2. The Morgan fingerprint density at radius 2 is 1.83 bits per heavy atom. The molecule has 2 aliphatic rings. The van der Waals surface area contributed by atoms with Crippen LogP contribution in [0.2, 0.25) is 0 Å². The number of fused-ring (bicyclic) bond motifs is 1. The quantitative estimate of drug-likeness (QED) is 0.921. The van der Waals surface area contributed by atoms with Crippen molar-refractivity contribution in [1.82, 2.24) is 0 Å². The van der Waals surface area contributed by atoms with Crippen LogP contribution in [0, 0.1) is 5.82 Å². The first-order valence-corrected chi connectivity index (χ1v) is 8.35. The van der Waals surface area contributed by atoms with Crippen molar-refractivity contribution in [1.29, 1.82) is 0 Å². The van der Waals surface area contributed by atoms with E-state index in [9.17, 15) is 4.39 Å². The number of nitrogens with two attached hydrogens (primary N) is 1. The number of halogens is 1. The molecule has 2 aromatic carbocycles. The lowest BCUT2D eigenvalue weighted by Crippen LogP contribution is -2.46. The van der Waals surface area contributed by atoms with Crippen LogP contribution in [0.4, 0.5) is 10.1 Å². The Labute approximate surface area is 141 Å². The van der Waals surface area contributed by atoms with E-state index in [1.54, 1.807) is 12.1 Å². The Morgan fingerprint density at radius 3 is 2.67 bits per heavy atom. The molecule has 0 aliphatic carbocycles. The minimum atomic E-state index is -0.197. The monoisotopic (exact) mass is 328 g/mol. The number of rotatable bonds is 2. The van der Waals surface area contributed by atoms with Crippen LogP contribution >= 0.6 is 0 Å². The van der Waals surface area contributed by atoms with Crippen molar-refractivity contribution in [3.05, 3.63) is 53.8 Å². The highest BCUT2D eigenvalue weighted by atomic mass is 19.1.